The Bertz CT molecular complexity index is 406. The number of hydrogen-bond acceptors (Lipinski definition) is 3. The number of hydrogen-bond donors (Lipinski definition) is 1. The van der Waals surface area contributed by atoms with E-state index in [1.807, 2.05) is 25.1 Å². The quantitative estimate of drug-likeness (QED) is 0.840. The summed E-state index contributed by atoms with van der Waals surface area (Å²) in [5.41, 5.74) is 1.08. The van der Waals surface area contributed by atoms with Crippen molar-refractivity contribution in [3.63, 3.8) is 0 Å². The average Bonchev–Trinajstić information content (AvgIpc) is 2.32. The molecule has 1 aromatic carbocycles. The Balaban J connectivity index is 2.44. The maximum Gasteiger partial charge on any atom is 0.332 e. The van der Waals surface area contributed by atoms with Gasteiger partial charge in [0, 0.05) is 17.5 Å². The first-order valence-corrected chi connectivity index (χ1v) is 6.57. The van der Waals surface area contributed by atoms with Gasteiger partial charge in [-0.15, -0.1) is 0 Å². The van der Waals surface area contributed by atoms with E-state index >= 15 is 0 Å². The Labute approximate surface area is 115 Å². The molecule has 0 saturated carbocycles. The molecule has 0 spiro atoms. The molecule has 1 unspecified atom stereocenters. The van der Waals surface area contributed by atoms with E-state index in [0.29, 0.717) is 19.6 Å². The minimum absolute atomic E-state index is 0.317. The maximum atomic E-state index is 10.8. The van der Waals surface area contributed by atoms with Crippen molar-refractivity contribution >= 4 is 21.9 Å². The molecule has 1 rings (SSSR count). The van der Waals surface area contributed by atoms with Gasteiger partial charge in [0.2, 0.25) is 0 Å². The van der Waals surface area contributed by atoms with Gasteiger partial charge in [-0.3, -0.25) is 0 Å². The van der Waals surface area contributed by atoms with Crippen LogP contribution in [0.1, 0.15) is 18.9 Å². The molecule has 4 nitrogen and oxygen atoms in total. The lowest BCUT2D eigenvalue weighted by atomic mass is 10.2. The van der Waals surface area contributed by atoms with Crippen LogP contribution < -0.4 is 4.74 Å². The van der Waals surface area contributed by atoms with E-state index in [9.17, 15) is 4.79 Å². The van der Waals surface area contributed by atoms with Gasteiger partial charge in [0.15, 0.2) is 6.10 Å². The zero-order valence-corrected chi connectivity index (χ0v) is 12.1. The average molecular weight is 317 g/mol. The molecule has 0 aliphatic rings. The third kappa shape index (κ3) is 4.66. The number of rotatable bonds is 7. The summed E-state index contributed by atoms with van der Waals surface area (Å²) in [4.78, 5) is 10.8. The fourth-order valence-electron chi connectivity index (χ4n) is 1.47. The molecule has 0 saturated heterocycles. The molecule has 18 heavy (non-hydrogen) atoms. The van der Waals surface area contributed by atoms with Crippen LogP contribution in [0, 0.1) is 6.92 Å². The summed E-state index contributed by atoms with van der Waals surface area (Å²) in [6.45, 7) is 4.44. The lowest BCUT2D eigenvalue weighted by molar-refractivity contribution is -0.150. The summed E-state index contributed by atoms with van der Waals surface area (Å²) >= 11 is 3.41. The van der Waals surface area contributed by atoms with Crippen LogP contribution in [0.2, 0.25) is 0 Å². The highest BCUT2D eigenvalue weighted by Crippen LogP contribution is 2.21. The van der Waals surface area contributed by atoms with Crippen molar-refractivity contribution in [1.82, 2.24) is 0 Å². The van der Waals surface area contributed by atoms with E-state index < -0.39 is 12.1 Å². The molecule has 1 aromatic rings. The standard InChI is InChI=1S/C13H17BrO4/c1-3-17-12(13(15)16)6-7-18-10-4-5-11(14)9(2)8-10/h4-5,8,12H,3,6-7H2,1-2H3,(H,15,16). The van der Waals surface area contributed by atoms with E-state index in [-0.39, 0.29) is 0 Å². The second kappa shape index (κ2) is 7.38. The third-order valence-electron chi connectivity index (χ3n) is 2.42. The van der Waals surface area contributed by atoms with E-state index in [1.165, 1.54) is 0 Å². The summed E-state index contributed by atoms with van der Waals surface area (Å²) in [5.74, 6) is -0.219. The van der Waals surface area contributed by atoms with Crippen LogP contribution in [-0.4, -0.2) is 30.4 Å². The topological polar surface area (TPSA) is 55.8 Å². The minimum atomic E-state index is -0.951. The zero-order chi connectivity index (χ0) is 13.5. The predicted molar refractivity (Wildman–Crippen MR) is 72.0 cm³/mol. The second-order valence-electron chi connectivity index (χ2n) is 3.83. The van der Waals surface area contributed by atoms with E-state index in [2.05, 4.69) is 15.9 Å². The van der Waals surface area contributed by atoms with E-state index in [1.54, 1.807) is 6.92 Å². The molecule has 100 valence electrons. The molecule has 0 aliphatic heterocycles. The number of benzene rings is 1. The Hall–Kier alpha value is -1.07. The highest BCUT2D eigenvalue weighted by Gasteiger charge is 2.17. The summed E-state index contributed by atoms with van der Waals surface area (Å²) in [6.07, 6.45) is -0.468. The SMILES string of the molecule is CCOC(CCOc1ccc(Br)c(C)c1)C(=O)O. The van der Waals surface area contributed by atoms with Crippen LogP contribution in [0.3, 0.4) is 0 Å². The maximum absolute atomic E-state index is 10.8. The van der Waals surface area contributed by atoms with Crippen LogP contribution in [0.4, 0.5) is 0 Å². The largest absolute Gasteiger partial charge is 0.493 e. The molecule has 1 N–H and O–H groups in total. The van der Waals surface area contributed by atoms with Crippen molar-refractivity contribution in [1.29, 1.82) is 0 Å². The highest BCUT2D eigenvalue weighted by atomic mass is 79.9. The lowest BCUT2D eigenvalue weighted by Gasteiger charge is -2.13. The number of halogens is 1. The first kappa shape index (κ1) is 15.0. The number of carboxylic acid groups (broad SMARTS) is 1. The van der Waals surface area contributed by atoms with Gasteiger partial charge in [-0.25, -0.2) is 4.79 Å². The normalized spacial score (nSPS) is 12.2. The minimum Gasteiger partial charge on any atom is -0.493 e. The van der Waals surface area contributed by atoms with Gasteiger partial charge in [0.25, 0.3) is 0 Å². The molecule has 0 amide bonds. The van der Waals surface area contributed by atoms with Gasteiger partial charge in [-0.2, -0.15) is 0 Å². The number of carbonyl (C=O) groups is 1. The highest BCUT2D eigenvalue weighted by molar-refractivity contribution is 9.10. The van der Waals surface area contributed by atoms with Gasteiger partial charge in [-0.05, 0) is 37.6 Å². The fourth-order valence-corrected chi connectivity index (χ4v) is 1.72. The van der Waals surface area contributed by atoms with Crippen molar-refractivity contribution in [2.24, 2.45) is 0 Å². The van der Waals surface area contributed by atoms with Crippen LogP contribution >= 0.6 is 15.9 Å². The molecule has 5 heteroatoms. The second-order valence-corrected chi connectivity index (χ2v) is 4.68. The van der Waals surface area contributed by atoms with Crippen molar-refractivity contribution < 1.29 is 19.4 Å². The van der Waals surface area contributed by atoms with Crippen LogP contribution in [0.5, 0.6) is 5.75 Å². The monoisotopic (exact) mass is 316 g/mol. The van der Waals surface area contributed by atoms with Crippen molar-refractivity contribution in [2.45, 2.75) is 26.4 Å². The molecule has 0 aromatic heterocycles. The van der Waals surface area contributed by atoms with E-state index in [0.717, 1.165) is 15.8 Å². The van der Waals surface area contributed by atoms with Crippen molar-refractivity contribution in [2.75, 3.05) is 13.2 Å². The molecule has 0 heterocycles. The number of carboxylic acids is 1. The van der Waals surface area contributed by atoms with Crippen molar-refractivity contribution in [3.05, 3.63) is 28.2 Å². The molecular weight excluding hydrogens is 300 g/mol. The van der Waals surface area contributed by atoms with Gasteiger partial charge >= 0.3 is 5.97 Å². The first-order valence-electron chi connectivity index (χ1n) is 5.78. The Kier molecular flexibility index (Phi) is 6.15. The summed E-state index contributed by atoms with van der Waals surface area (Å²) < 4.78 is 11.6. The Morgan fingerprint density at radius 1 is 1.50 bits per heavy atom. The molecular formula is C13H17BrO4. The Morgan fingerprint density at radius 2 is 2.22 bits per heavy atom. The molecule has 1 atom stereocenters. The number of aryl methyl sites for hydroxylation is 1. The summed E-state index contributed by atoms with van der Waals surface area (Å²) in [5, 5.41) is 8.90. The molecule has 0 fully saturated rings. The zero-order valence-electron chi connectivity index (χ0n) is 10.5. The van der Waals surface area contributed by atoms with Crippen LogP contribution in [0.25, 0.3) is 0 Å². The van der Waals surface area contributed by atoms with Crippen molar-refractivity contribution in [3.8, 4) is 5.75 Å². The number of ether oxygens (including phenoxy) is 2. The van der Waals surface area contributed by atoms with Gasteiger partial charge < -0.3 is 14.6 Å². The molecule has 0 radical (unpaired) electrons. The van der Waals surface area contributed by atoms with Crippen LogP contribution in [0.15, 0.2) is 22.7 Å². The Morgan fingerprint density at radius 3 is 2.78 bits per heavy atom. The van der Waals surface area contributed by atoms with Gasteiger partial charge in [-0.1, -0.05) is 15.9 Å². The molecule has 0 aliphatic carbocycles. The number of aliphatic carboxylic acids is 1. The van der Waals surface area contributed by atoms with E-state index in [4.69, 9.17) is 14.6 Å². The fraction of sp³-hybridized carbons (Fsp3) is 0.462. The first-order chi connectivity index (χ1) is 8.54. The summed E-state index contributed by atoms with van der Waals surface area (Å²) in [7, 11) is 0. The smallest absolute Gasteiger partial charge is 0.332 e. The van der Waals surface area contributed by atoms with Gasteiger partial charge in [0.05, 0.1) is 6.61 Å². The third-order valence-corrected chi connectivity index (χ3v) is 3.31. The predicted octanol–water partition coefficient (Wildman–Crippen LogP) is 3.02. The molecule has 0 bridgehead atoms. The summed E-state index contributed by atoms with van der Waals surface area (Å²) in [6, 6.07) is 5.65. The van der Waals surface area contributed by atoms with Crippen LogP contribution in [-0.2, 0) is 9.53 Å². The van der Waals surface area contributed by atoms with Gasteiger partial charge in [0.1, 0.15) is 5.75 Å². The lowest BCUT2D eigenvalue weighted by Crippen LogP contribution is -2.26.